The molecule has 0 radical (unpaired) electrons. The molecule has 0 unspecified atom stereocenters. The molecule has 0 fully saturated rings. The normalized spacial score (nSPS) is 11.6. The molecule has 7 heteroatoms. The highest BCUT2D eigenvalue weighted by Crippen LogP contribution is 2.26. The van der Waals surface area contributed by atoms with Gasteiger partial charge in [0, 0.05) is 16.8 Å². The fraction of sp³-hybridized carbons (Fsp3) is 0.212. The Bertz CT molecular complexity index is 1590. The zero-order chi connectivity index (χ0) is 28.9. The third-order valence-corrected chi connectivity index (χ3v) is 8.46. The van der Waals surface area contributed by atoms with Crippen molar-refractivity contribution >= 4 is 33.1 Å². The highest BCUT2D eigenvalue weighted by molar-refractivity contribution is 7.92. The van der Waals surface area contributed by atoms with Crippen molar-refractivity contribution < 1.29 is 18.0 Å². The van der Waals surface area contributed by atoms with Gasteiger partial charge in [0.25, 0.3) is 10.0 Å². The molecule has 4 aromatic rings. The quantitative estimate of drug-likeness (QED) is 0.236. The first-order valence-corrected chi connectivity index (χ1v) is 14.6. The van der Waals surface area contributed by atoms with E-state index < -0.39 is 22.5 Å². The minimum atomic E-state index is -4.01. The lowest BCUT2D eigenvalue weighted by Gasteiger charge is -2.24. The number of hydrogen-bond donors (Lipinski definition) is 1. The van der Waals surface area contributed by atoms with Crippen LogP contribution in [0.15, 0.2) is 108 Å². The fourth-order valence-corrected chi connectivity index (χ4v) is 5.73. The van der Waals surface area contributed by atoms with Gasteiger partial charge in [-0.3, -0.25) is 13.9 Å². The number of nitrogens with one attached hydrogen (secondary N) is 1. The zero-order valence-corrected chi connectivity index (χ0v) is 24.0. The van der Waals surface area contributed by atoms with Crippen molar-refractivity contribution in [1.29, 1.82) is 0 Å². The number of anilines is 2. The van der Waals surface area contributed by atoms with E-state index in [0.29, 0.717) is 22.5 Å². The van der Waals surface area contributed by atoms with Crippen LogP contribution in [0.25, 0.3) is 0 Å². The summed E-state index contributed by atoms with van der Waals surface area (Å²) in [5.41, 5.74) is 3.92. The summed E-state index contributed by atoms with van der Waals surface area (Å²) < 4.78 is 28.2. The van der Waals surface area contributed by atoms with E-state index >= 15 is 0 Å². The van der Waals surface area contributed by atoms with Crippen LogP contribution < -0.4 is 9.62 Å². The second kappa shape index (κ2) is 11.9. The summed E-state index contributed by atoms with van der Waals surface area (Å²) in [5.74, 6) is -0.695. The van der Waals surface area contributed by atoms with Gasteiger partial charge >= 0.3 is 0 Å². The summed E-state index contributed by atoms with van der Waals surface area (Å²) in [4.78, 5) is 26.4. The van der Waals surface area contributed by atoms with Crippen LogP contribution in [0.2, 0.25) is 0 Å². The molecule has 0 atom stereocenters. The SMILES string of the molecule is CCc1ccc(N(CC(=O)Nc2cccc(C(=O)c3ccc(C(C)(C)C)cc3)c2)S(=O)(=O)c2ccccc2)cc1. The maximum atomic E-state index is 13.6. The Morgan fingerprint density at radius 3 is 2.02 bits per heavy atom. The van der Waals surface area contributed by atoms with E-state index in [0.717, 1.165) is 21.9 Å². The number of carbonyl (C=O) groups excluding carboxylic acids is 2. The van der Waals surface area contributed by atoms with Gasteiger partial charge in [-0.1, -0.05) is 94.4 Å². The first kappa shape index (κ1) is 28.8. The van der Waals surface area contributed by atoms with Gasteiger partial charge in [0.05, 0.1) is 10.6 Å². The molecule has 0 bridgehead atoms. The number of sulfonamides is 1. The van der Waals surface area contributed by atoms with Crippen molar-refractivity contribution in [3.05, 3.63) is 125 Å². The molecule has 0 saturated carbocycles. The van der Waals surface area contributed by atoms with Crippen LogP contribution in [0, 0.1) is 0 Å². The Balaban J connectivity index is 1.56. The molecular weight excluding hydrogens is 520 g/mol. The van der Waals surface area contributed by atoms with E-state index in [2.05, 4.69) is 26.1 Å². The summed E-state index contributed by atoms with van der Waals surface area (Å²) in [6, 6.07) is 29.3. The molecule has 0 spiro atoms. The molecule has 0 aliphatic rings. The summed E-state index contributed by atoms with van der Waals surface area (Å²) in [7, 11) is -4.01. The molecule has 206 valence electrons. The standard InChI is InChI=1S/C33H34N2O4S/c1-5-24-14-20-29(21-15-24)35(40(38,39)30-12-7-6-8-13-30)23-31(36)34-28-11-9-10-26(22-28)32(37)25-16-18-27(19-17-25)33(2,3)4/h6-22H,5,23H2,1-4H3,(H,34,36). The maximum absolute atomic E-state index is 13.6. The zero-order valence-electron chi connectivity index (χ0n) is 23.2. The van der Waals surface area contributed by atoms with Gasteiger partial charge in [-0.25, -0.2) is 8.42 Å². The highest BCUT2D eigenvalue weighted by atomic mass is 32.2. The van der Waals surface area contributed by atoms with E-state index in [1.807, 2.05) is 43.3 Å². The maximum Gasteiger partial charge on any atom is 0.264 e. The topological polar surface area (TPSA) is 83.6 Å². The first-order chi connectivity index (χ1) is 19.0. The van der Waals surface area contributed by atoms with Crippen molar-refractivity contribution in [2.75, 3.05) is 16.2 Å². The Morgan fingerprint density at radius 2 is 1.43 bits per heavy atom. The molecule has 6 nitrogen and oxygen atoms in total. The van der Waals surface area contributed by atoms with E-state index in [-0.39, 0.29) is 16.1 Å². The van der Waals surface area contributed by atoms with Gasteiger partial charge in [0.15, 0.2) is 5.78 Å². The second-order valence-electron chi connectivity index (χ2n) is 10.6. The smallest absolute Gasteiger partial charge is 0.264 e. The van der Waals surface area contributed by atoms with Gasteiger partial charge in [-0.15, -0.1) is 0 Å². The number of hydrogen-bond acceptors (Lipinski definition) is 4. The summed E-state index contributed by atoms with van der Waals surface area (Å²) in [6.45, 7) is 7.92. The monoisotopic (exact) mass is 554 g/mol. The van der Waals surface area contributed by atoms with E-state index in [1.54, 1.807) is 54.6 Å². The van der Waals surface area contributed by atoms with Gasteiger partial charge in [-0.2, -0.15) is 0 Å². The molecule has 0 heterocycles. The van der Waals surface area contributed by atoms with Crippen LogP contribution in [0.1, 0.15) is 54.7 Å². The van der Waals surface area contributed by atoms with Crippen LogP contribution in [0.4, 0.5) is 11.4 Å². The van der Waals surface area contributed by atoms with Crippen molar-refractivity contribution in [3.8, 4) is 0 Å². The molecule has 1 N–H and O–H groups in total. The van der Waals surface area contributed by atoms with Gasteiger partial charge in [0.2, 0.25) is 5.91 Å². The third kappa shape index (κ3) is 6.66. The average Bonchev–Trinajstić information content (AvgIpc) is 2.96. The van der Waals surface area contributed by atoms with Gasteiger partial charge < -0.3 is 5.32 Å². The highest BCUT2D eigenvalue weighted by Gasteiger charge is 2.27. The molecular formula is C33H34N2O4S. The molecule has 0 aliphatic carbocycles. The van der Waals surface area contributed by atoms with Crippen LogP contribution in [-0.4, -0.2) is 26.7 Å². The second-order valence-corrected chi connectivity index (χ2v) is 12.5. The molecule has 0 saturated heterocycles. The third-order valence-electron chi connectivity index (χ3n) is 6.67. The van der Waals surface area contributed by atoms with Gasteiger partial charge in [-0.05, 0) is 59.4 Å². The fourth-order valence-electron chi connectivity index (χ4n) is 4.29. The lowest BCUT2D eigenvalue weighted by atomic mass is 9.86. The molecule has 4 rings (SSSR count). The predicted molar refractivity (Wildman–Crippen MR) is 160 cm³/mol. The largest absolute Gasteiger partial charge is 0.324 e. The number of amides is 1. The lowest BCUT2D eigenvalue weighted by molar-refractivity contribution is -0.114. The Morgan fingerprint density at radius 1 is 0.775 bits per heavy atom. The number of carbonyl (C=O) groups is 2. The van der Waals surface area contributed by atoms with Crippen molar-refractivity contribution in [2.24, 2.45) is 0 Å². The number of benzene rings is 4. The van der Waals surface area contributed by atoms with Crippen molar-refractivity contribution in [2.45, 2.75) is 44.4 Å². The summed E-state index contributed by atoms with van der Waals surface area (Å²) in [5, 5.41) is 2.77. The number of nitrogens with zero attached hydrogens (tertiary/aromatic N) is 1. The minimum Gasteiger partial charge on any atom is -0.324 e. The molecule has 4 aromatic carbocycles. The minimum absolute atomic E-state index is 0.0221. The average molecular weight is 555 g/mol. The number of ketones is 1. The van der Waals surface area contributed by atoms with Crippen molar-refractivity contribution in [1.82, 2.24) is 0 Å². The molecule has 0 aromatic heterocycles. The van der Waals surface area contributed by atoms with E-state index in [4.69, 9.17) is 0 Å². The lowest BCUT2D eigenvalue weighted by Crippen LogP contribution is -2.38. The Labute approximate surface area is 236 Å². The predicted octanol–water partition coefficient (Wildman–Crippen LogP) is 6.61. The van der Waals surface area contributed by atoms with Crippen LogP contribution in [0.5, 0.6) is 0 Å². The number of aryl methyl sites for hydroxylation is 1. The number of rotatable bonds is 9. The summed E-state index contributed by atoms with van der Waals surface area (Å²) in [6.07, 6.45) is 0.808. The van der Waals surface area contributed by atoms with Crippen LogP contribution >= 0.6 is 0 Å². The summed E-state index contributed by atoms with van der Waals surface area (Å²) >= 11 is 0. The Kier molecular flexibility index (Phi) is 8.55. The Hall–Kier alpha value is -4.23. The molecule has 0 aliphatic heterocycles. The van der Waals surface area contributed by atoms with Gasteiger partial charge in [0.1, 0.15) is 6.54 Å². The van der Waals surface area contributed by atoms with Crippen molar-refractivity contribution in [3.63, 3.8) is 0 Å². The van der Waals surface area contributed by atoms with E-state index in [9.17, 15) is 18.0 Å². The van der Waals surface area contributed by atoms with Crippen LogP contribution in [-0.2, 0) is 26.7 Å². The molecule has 1 amide bonds. The van der Waals surface area contributed by atoms with E-state index in [1.165, 1.54) is 12.1 Å². The molecule has 40 heavy (non-hydrogen) atoms. The first-order valence-electron chi connectivity index (χ1n) is 13.2. The van der Waals surface area contributed by atoms with Crippen LogP contribution in [0.3, 0.4) is 0 Å².